The highest BCUT2D eigenvalue weighted by molar-refractivity contribution is 7.28. The fourth-order valence-electron chi connectivity index (χ4n) is 7.08. The van der Waals surface area contributed by atoms with Crippen molar-refractivity contribution in [1.82, 2.24) is 0 Å². The van der Waals surface area contributed by atoms with Gasteiger partial charge in [-0.05, 0) is 80.5 Å². The van der Waals surface area contributed by atoms with Gasteiger partial charge < -0.3 is 0 Å². The van der Waals surface area contributed by atoms with Gasteiger partial charge >= 0.3 is 0 Å². The van der Waals surface area contributed by atoms with Crippen LogP contribution in [-0.4, -0.2) is 8.07 Å². The van der Waals surface area contributed by atoms with E-state index in [0.717, 1.165) is 0 Å². The Kier molecular flexibility index (Phi) is 6.70. The molecule has 0 spiro atoms. The summed E-state index contributed by atoms with van der Waals surface area (Å²) in [6, 6.07) is 42.9. The highest BCUT2D eigenvalue weighted by atomic mass is 32.1. The summed E-state index contributed by atoms with van der Waals surface area (Å²) < 4.78 is 2.78. The lowest BCUT2D eigenvalue weighted by Crippen LogP contribution is -2.35. The minimum atomic E-state index is -2.22. The normalized spacial score (nSPS) is 15.0. The number of hydrogen-bond donors (Lipinski definition) is 0. The zero-order valence-electron chi connectivity index (χ0n) is 24.1. The molecule has 41 heavy (non-hydrogen) atoms. The maximum Gasteiger partial charge on any atom is 0.123 e. The van der Waals surface area contributed by atoms with E-state index >= 15 is 0 Å². The summed E-state index contributed by atoms with van der Waals surface area (Å²) in [4.78, 5) is 3.00. The SMILES string of the molecule is CC[Si]1(CC)C(c2sc3ccccc3c2C)=C(c2ccccc2)C(c2ccccc2)=C1c1sc2ccccc2c1C. The molecule has 0 saturated carbocycles. The van der Waals surface area contributed by atoms with Gasteiger partial charge in [-0.3, -0.25) is 0 Å². The first-order chi connectivity index (χ1) is 20.1. The molecule has 7 rings (SSSR count). The van der Waals surface area contributed by atoms with E-state index in [4.69, 9.17) is 0 Å². The van der Waals surface area contributed by atoms with Crippen molar-refractivity contribution < 1.29 is 0 Å². The van der Waals surface area contributed by atoms with Crippen LogP contribution in [0, 0.1) is 13.8 Å². The molecule has 0 nitrogen and oxygen atoms in total. The first-order valence-electron chi connectivity index (χ1n) is 14.7. The van der Waals surface area contributed by atoms with Crippen LogP contribution in [0.15, 0.2) is 109 Å². The van der Waals surface area contributed by atoms with E-state index in [-0.39, 0.29) is 0 Å². The molecule has 0 radical (unpaired) electrons. The van der Waals surface area contributed by atoms with Crippen molar-refractivity contribution in [3.63, 3.8) is 0 Å². The summed E-state index contributed by atoms with van der Waals surface area (Å²) in [6.07, 6.45) is 0. The zero-order valence-corrected chi connectivity index (χ0v) is 26.8. The fraction of sp³-hybridized carbons (Fsp3) is 0.158. The fourth-order valence-corrected chi connectivity index (χ4v) is 15.8. The standard InChI is InChI=1S/C38H34S2Si/c1-5-41(6-2)37(35-25(3)29-21-13-15-23-31(29)39-35)33(27-17-9-7-10-18-27)34(28-19-11-8-12-20-28)38(41)36-26(4)30-22-14-16-24-32(30)40-36/h7-24H,5-6H2,1-4H3. The third-order valence-electron chi connectivity index (χ3n) is 9.18. The van der Waals surface area contributed by atoms with Gasteiger partial charge in [0.05, 0.1) is 0 Å². The third kappa shape index (κ3) is 3.98. The molecule has 0 aliphatic carbocycles. The van der Waals surface area contributed by atoms with Crippen LogP contribution in [0.1, 0.15) is 45.9 Å². The molecule has 1 aliphatic heterocycles. The van der Waals surface area contributed by atoms with Crippen LogP contribution in [0.2, 0.25) is 12.1 Å². The Hall–Kier alpha value is -3.50. The van der Waals surface area contributed by atoms with E-state index in [0.29, 0.717) is 0 Å². The molecule has 0 saturated heterocycles. The maximum absolute atomic E-state index is 2.47. The van der Waals surface area contributed by atoms with Gasteiger partial charge in [-0.15, -0.1) is 22.7 Å². The molecule has 6 aromatic rings. The van der Waals surface area contributed by atoms with Crippen LogP contribution < -0.4 is 0 Å². The van der Waals surface area contributed by atoms with E-state index in [1.807, 2.05) is 22.7 Å². The Bertz CT molecular complexity index is 1820. The van der Waals surface area contributed by atoms with Gasteiger partial charge in [-0.25, -0.2) is 0 Å². The van der Waals surface area contributed by atoms with E-state index in [9.17, 15) is 0 Å². The Balaban J connectivity index is 1.68. The summed E-state index contributed by atoms with van der Waals surface area (Å²) in [7, 11) is -2.22. The number of fused-ring (bicyclic) bond motifs is 2. The van der Waals surface area contributed by atoms with E-state index in [2.05, 4.69) is 137 Å². The molecule has 0 amide bonds. The Morgan fingerprint density at radius 1 is 0.488 bits per heavy atom. The van der Waals surface area contributed by atoms with Gasteiger partial charge in [-0.2, -0.15) is 0 Å². The summed E-state index contributed by atoms with van der Waals surface area (Å²) in [5, 5.41) is 6.10. The molecule has 0 N–H and O–H groups in total. The minimum absolute atomic E-state index is 1.18. The van der Waals surface area contributed by atoms with Gasteiger partial charge in [0.1, 0.15) is 8.07 Å². The highest BCUT2D eigenvalue weighted by Crippen LogP contribution is 2.61. The lowest BCUT2D eigenvalue weighted by atomic mass is 9.90. The maximum atomic E-state index is 2.47. The van der Waals surface area contributed by atoms with Crippen LogP contribution >= 0.6 is 22.7 Å². The van der Waals surface area contributed by atoms with Crippen LogP contribution in [0.3, 0.4) is 0 Å². The lowest BCUT2D eigenvalue weighted by Gasteiger charge is -2.32. The monoisotopic (exact) mass is 582 g/mol. The van der Waals surface area contributed by atoms with Gasteiger partial charge in [0, 0.05) is 19.2 Å². The van der Waals surface area contributed by atoms with Crippen molar-refractivity contribution >= 4 is 72.5 Å². The number of allylic oxidation sites excluding steroid dienone is 2. The first kappa shape index (κ1) is 26.4. The number of aryl methyl sites for hydroxylation is 2. The molecule has 0 atom stereocenters. The van der Waals surface area contributed by atoms with Gasteiger partial charge in [0.15, 0.2) is 0 Å². The van der Waals surface area contributed by atoms with Crippen LogP contribution in [0.5, 0.6) is 0 Å². The van der Waals surface area contributed by atoms with Crippen molar-refractivity contribution in [1.29, 1.82) is 0 Å². The first-order valence-corrected chi connectivity index (χ1v) is 18.7. The number of thiophene rings is 2. The predicted molar refractivity (Wildman–Crippen MR) is 186 cm³/mol. The topological polar surface area (TPSA) is 0 Å². The smallest absolute Gasteiger partial charge is 0.123 e. The summed E-state index contributed by atoms with van der Waals surface area (Å²) in [5.41, 5.74) is 8.49. The molecule has 202 valence electrons. The predicted octanol–water partition coefficient (Wildman–Crippen LogP) is 11.8. The molecule has 0 bridgehead atoms. The van der Waals surface area contributed by atoms with Crippen molar-refractivity contribution in [3.05, 3.63) is 141 Å². The highest BCUT2D eigenvalue weighted by Gasteiger charge is 2.49. The molecular weight excluding hydrogens is 549 g/mol. The van der Waals surface area contributed by atoms with E-state index < -0.39 is 8.07 Å². The Labute approximate surface area is 252 Å². The molecule has 0 fully saturated rings. The van der Waals surface area contributed by atoms with Gasteiger partial charge in [-0.1, -0.05) is 123 Å². The largest absolute Gasteiger partial charge is 0.136 e. The van der Waals surface area contributed by atoms with E-state index in [1.54, 1.807) is 10.4 Å². The molecule has 4 aromatic carbocycles. The average Bonchev–Trinajstić information content (AvgIpc) is 3.65. The summed E-state index contributed by atoms with van der Waals surface area (Å²) in [5.74, 6) is 0. The molecule has 3 heterocycles. The number of benzene rings is 4. The van der Waals surface area contributed by atoms with Crippen LogP contribution in [0.4, 0.5) is 0 Å². The van der Waals surface area contributed by atoms with Crippen molar-refractivity contribution in [2.24, 2.45) is 0 Å². The van der Waals surface area contributed by atoms with Crippen molar-refractivity contribution in [3.8, 4) is 0 Å². The average molecular weight is 583 g/mol. The van der Waals surface area contributed by atoms with Gasteiger partial charge in [0.25, 0.3) is 0 Å². The number of hydrogen-bond acceptors (Lipinski definition) is 2. The van der Waals surface area contributed by atoms with Crippen LogP contribution in [0.25, 0.3) is 41.7 Å². The number of rotatable bonds is 6. The molecule has 0 unspecified atom stereocenters. The molecule has 2 aromatic heterocycles. The van der Waals surface area contributed by atoms with Crippen molar-refractivity contribution in [2.75, 3.05) is 0 Å². The van der Waals surface area contributed by atoms with Crippen LogP contribution in [-0.2, 0) is 0 Å². The Morgan fingerprint density at radius 3 is 1.22 bits per heavy atom. The van der Waals surface area contributed by atoms with E-state index in [1.165, 1.54) is 75.4 Å². The summed E-state index contributed by atoms with van der Waals surface area (Å²) in [6.45, 7) is 9.66. The zero-order chi connectivity index (χ0) is 28.1. The second-order valence-electron chi connectivity index (χ2n) is 11.1. The molecule has 1 aliphatic rings. The molecular formula is C38H34S2Si. The second kappa shape index (κ2) is 10.4. The Morgan fingerprint density at radius 2 is 0.854 bits per heavy atom. The quantitative estimate of drug-likeness (QED) is 0.171. The molecule has 3 heteroatoms. The third-order valence-corrected chi connectivity index (χ3v) is 17.5. The van der Waals surface area contributed by atoms with Gasteiger partial charge in [0.2, 0.25) is 0 Å². The second-order valence-corrected chi connectivity index (χ2v) is 17.8. The lowest BCUT2D eigenvalue weighted by molar-refractivity contribution is 1.30. The van der Waals surface area contributed by atoms with Crippen molar-refractivity contribution in [2.45, 2.75) is 39.8 Å². The minimum Gasteiger partial charge on any atom is -0.136 e. The summed E-state index contributed by atoms with van der Waals surface area (Å²) >= 11 is 4.02.